The predicted octanol–water partition coefficient (Wildman–Crippen LogP) is 6.22. The van der Waals surface area contributed by atoms with Gasteiger partial charge in [-0.25, -0.2) is 0 Å². The van der Waals surface area contributed by atoms with Crippen LogP contribution >= 0.6 is 18.5 Å². The van der Waals surface area contributed by atoms with E-state index in [9.17, 15) is 20.4 Å². The molecule has 0 aliphatic rings. The highest BCUT2D eigenvalue weighted by molar-refractivity contribution is 7.18. The van der Waals surface area contributed by atoms with Crippen molar-refractivity contribution in [2.75, 3.05) is 31.7 Å². The Hall–Kier alpha value is -1.06. The number of unbranched alkanes of at least 4 members (excludes halogenated alkanes) is 4. The minimum atomic E-state index is -0.150. The number of aliphatic hydroxyl groups excluding tert-OH is 4. The van der Waals surface area contributed by atoms with E-state index in [1.165, 1.54) is 11.1 Å². The van der Waals surface area contributed by atoms with Gasteiger partial charge in [0.05, 0.1) is 0 Å². The molecule has 0 heterocycles. The molecular weight excluding hydrogens is 500 g/mol. The summed E-state index contributed by atoms with van der Waals surface area (Å²) in [6, 6.07) is 17.0. The first kappa shape index (κ1) is 32.2. The van der Waals surface area contributed by atoms with Crippen LogP contribution in [0.1, 0.15) is 88.2 Å². The summed E-state index contributed by atoms with van der Waals surface area (Å²) in [4.78, 5) is 0. The summed E-state index contributed by atoms with van der Waals surface area (Å²) in [6.07, 6.45) is 10.7. The molecule has 0 radical (unpaired) electrons. The zero-order chi connectivity index (χ0) is 27.0. The third kappa shape index (κ3) is 10.2. The summed E-state index contributed by atoms with van der Waals surface area (Å²) in [7, 11) is 6.22. The van der Waals surface area contributed by atoms with E-state index in [2.05, 4.69) is 72.3 Å². The van der Waals surface area contributed by atoms with Crippen molar-refractivity contribution in [3.8, 4) is 0 Å². The Morgan fingerprint density at radius 1 is 0.486 bits per heavy atom. The van der Waals surface area contributed by atoms with Gasteiger partial charge in [0.15, 0.2) is 0 Å². The highest BCUT2D eigenvalue weighted by atomic mass is 31.0. The van der Waals surface area contributed by atoms with Gasteiger partial charge in [-0.05, 0) is 100 Å². The summed E-state index contributed by atoms with van der Waals surface area (Å²) in [5.74, 6) is 0. The highest BCUT2D eigenvalue weighted by Gasteiger charge is 2.31. The molecule has 0 spiro atoms. The number of nitrogens with one attached hydrogen (secondary N) is 1. The van der Waals surface area contributed by atoms with E-state index in [4.69, 9.17) is 0 Å². The van der Waals surface area contributed by atoms with E-state index < -0.39 is 0 Å². The largest absolute Gasteiger partial charge is 0.396 e. The SMILES string of the molecule is OCCCCC(P)(CCCCO)c1ccccc1Nc1ccccc1C(P)(CCCCO)CCCCO. The van der Waals surface area contributed by atoms with Crippen molar-refractivity contribution in [3.63, 3.8) is 0 Å². The Labute approximate surface area is 228 Å². The lowest BCUT2D eigenvalue weighted by molar-refractivity contribution is 0.271. The topological polar surface area (TPSA) is 93.0 Å². The van der Waals surface area contributed by atoms with Gasteiger partial charge in [-0.1, -0.05) is 36.4 Å². The molecule has 2 rings (SSSR count). The number of hydrogen-bond donors (Lipinski definition) is 5. The number of para-hydroxylation sites is 2. The number of anilines is 2. The molecule has 2 atom stereocenters. The first-order valence-electron chi connectivity index (χ1n) is 13.9. The van der Waals surface area contributed by atoms with Gasteiger partial charge in [0.2, 0.25) is 0 Å². The molecular formula is C30H49NO4P2. The zero-order valence-electron chi connectivity index (χ0n) is 22.4. The number of hydrogen-bond acceptors (Lipinski definition) is 5. The van der Waals surface area contributed by atoms with Crippen molar-refractivity contribution in [1.82, 2.24) is 0 Å². The van der Waals surface area contributed by atoms with Crippen molar-refractivity contribution < 1.29 is 20.4 Å². The van der Waals surface area contributed by atoms with Crippen molar-refractivity contribution in [3.05, 3.63) is 59.7 Å². The van der Waals surface area contributed by atoms with E-state index in [0.29, 0.717) is 0 Å². The molecule has 0 saturated heterocycles. The van der Waals surface area contributed by atoms with Crippen LogP contribution in [0.4, 0.5) is 11.4 Å². The molecule has 5 nitrogen and oxygen atoms in total. The van der Waals surface area contributed by atoms with Crippen molar-refractivity contribution in [2.45, 2.75) is 87.4 Å². The van der Waals surface area contributed by atoms with Crippen LogP contribution < -0.4 is 5.32 Å². The van der Waals surface area contributed by atoms with Crippen LogP contribution in [0.2, 0.25) is 0 Å². The summed E-state index contributed by atoms with van der Waals surface area (Å²) >= 11 is 0. The second kappa shape index (κ2) is 17.5. The van der Waals surface area contributed by atoms with E-state index in [-0.39, 0.29) is 36.7 Å². The van der Waals surface area contributed by atoms with Crippen LogP contribution in [0, 0.1) is 0 Å². The Balaban J connectivity index is 2.43. The average Bonchev–Trinajstić information content (AvgIpc) is 2.90. The molecule has 2 unspecified atom stereocenters. The Morgan fingerprint density at radius 2 is 0.784 bits per heavy atom. The fraction of sp³-hybridized carbons (Fsp3) is 0.600. The van der Waals surface area contributed by atoms with Crippen LogP contribution in [0.5, 0.6) is 0 Å². The first-order chi connectivity index (χ1) is 17.9. The average molecular weight is 550 g/mol. The Morgan fingerprint density at radius 3 is 1.08 bits per heavy atom. The molecule has 0 amide bonds. The molecule has 0 fully saturated rings. The monoisotopic (exact) mass is 549 g/mol. The number of rotatable bonds is 20. The van der Waals surface area contributed by atoms with Crippen LogP contribution in [-0.2, 0) is 10.3 Å². The molecule has 0 saturated carbocycles. The number of aliphatic hydroxyl groups is 4. The van der Waals surface area contributed by atoms with Crippen molar-refractivity contribution in [2.24, 2.45) is 0 Å². The second-order valence-electron chi connectivity index (χ2n) is 10.3. The van der Waals surface area contributed by atoms with Crippen LogP contribution in [0.25, 0.3) is 0 Å². The van der Waals surface area contributed by atoms with Gasteiger partial charge in [-0.15, -0.1) is 18.5 Å². The van der Waals surface area contributed by atoms with Crippen molar-refractivity contribution >= 4 is 29.9 Å². The minimum Gasteiger partial charge on any atom is -0.396 e. The second-order valence-corrected chi connectivity index (χ2v) is 12.5. The fourth-order valence-electron chi connectivity index (χ4n) is 5.20. The molecule has 0 bridgehead atoms. The normalized spacial score (nSPS) is 12.2. The van der Waals surface area contributed by atoms with Gasteiger partial charge < -0.3 is 25.7 Å². The molecule has 0 aliphatic carbocycles. The maximum Gasteiger partial charge on any atom is 0.0431 e. The van der Waals surface area contributed by atoms with E-state index >= 15 is 0 Å². The third-order valence-corrected chi connectivity index (χ3v) is 9.10. The van der Waals surface area contributed by atoms with E-state index in [1.807, 2.05) is 0 Å². The smallest absolute Gasteiger partial charge is 0.0431 e. The van der Waals surface area contributed by atoms with Gasteiger partial charge in [0.25, 0.3) is 0 Å². The van der Waals surface area contributed by atoms with Crippen molar-refractivity contribution in [1.29, 1.82) is 0 Å². The van der Waals surface area contributed by atoms with Crippen LogP contribution in [0.15, 0.2) is 48.5 Å². The standard InChI is InChI=1S/C30H49NO4P2/c32-21-9-5-17-29(36,18-6-10-22-33)25-13-1-3-15-27(25)31-28-16-4-2-14-26(28)30(37,19-7-11-23-34)20-8-12-24-35/h1-4,13-16,31-35H,5-12,17-24,36-37H2. The van der Waals surface area contributed by atoms with Gasteiger partial charge in [0.1, 0.15) is 0 Å². The van der Waals surface area contributed by atoms with Gasteiger partial charge in [0, 0.05) is 48.1 Å². The maximum atomic E-state index is 9.38. The van der Waals surface area contributed by atoms with E-state index in [0.717, 1.165) is 88.4 Å². The molecule has 37 heavy (non-hydrogen) atoms. The lowest BCUT2D eigenvalue weighted by Crippen LogP contribution is -2.22. The van der Waals surface area contributed by atoms with Crippen LogP contribution in [-0.4, -0.2) is 46.9 Å². The van der Waals surface area contributed by atoms with Gasteiger partial charge >= 0.3 is 0 Å². The quantitative estimate of drug-likeness (QED) is 0.0999. The lowest BCUT2D eigenvalue weighted by atomic mass is 9.85. The first-order valence-corrected chi connectivity index (χ1v) is 15.1. The predicted molar refractivity (Wildman–Crippen MR) is 163 cm³/mol. The molecule has 2 aromatic rings. The Kier molecular flexibility index (Phi) is 15.2. The zero-order valence-corrected chi connectivity index (χ0v) is 24.7. The summed E-state index contributed by atoms with van der Waals surface area (Å²) in [5.41, 5.74) is 4.63. The van der Waals surface area contributed by atoms with E-state index in [1.54, 1.807) is 0 Å². The molecule has 2 aromatic carbocycles. The summed E-state index contributed by atoms with van der Waals surface area (Å²) < 4.78 is 0. The maximum absolute atomic E-state index is 9.38. The lowest BCUT2D eigenvalue weighted by Gasteiger charge is -2.35. The van der Waals surface area contributed by atoms with Gasteiger partial charge in [-0.3, -0.25) is 0 Å². The number of benzene rings is 2. The summed E-state index contributed by atoms with van der Waals surface area (Å²) in [6.45, 7) is 0.807. The highest BCUT2D eigenvalue weighted by Crippen LogP contribution is 2.48. The molecule has 0 aliphatic heterocycles. The Bertz CT molecular complexity index is 804. The van der Waals surface area contributed by atoms with Crippen LogP contribution in [0.3, 0.4) is 0 Å². The molecule has 7 heteroatoms. The fourth-order valence-corrected chi connectivity index (χ4v) is 6.52. The minimum absolute atomic E-state index is 0.150. The van der Waals surface area contributed by atoms with Gasteiger partial charge in [-0.2, -0.15) is 0 Å². The summed E-state index contributed by atoms with van der Waals surface area (Å²) in [5, 5.41) is 41.0. The third-order valence-electron chi connectivity index (χ3n) is 7.32. The molecule has 5 N–H and O–H groups in total. The molecule has 0 aromatic heterocycles. The molecule has 208 valence electrons.